The second kappa shape index (κ2) is 10.3. The van der Waals surface area contributed by atoms with Crippen molar-refractivity contribution in [3.05, 3.63) is 75.4 Å². The predicted molar refractivity (Wildman–Crippen MR) is 147 cm³/mol. The van der Waals surface area contributed by atoms with Crippen LogP contribution in [-0.2, 0) is 17.6 Å². The van der Waals surface area contributed by atoms with Crippen LogP contribution in [0.4, 0.5) is 5.69 Å². The van der Waals surface area contributed by atoms with Gasteiger partial charge < -0.3 is 4.74 Å². The molecule has 7 nitrogen and oxygen atoms in total. The first-order valence-corrected chi connectivity index (χ1v) is 13.4. The molecule has 2 aromatic heterocycles. The lowest BCUT2D eigenvalue weighted by molar-refractivity contribution is -0.110. The fourth-order valence-corrected chi connectivity index (χ4v) is 6.54. The summed E-state index contributed by atoms with van der Waals surface area (Å²) in [7, 11) is 1.60. The third-order valence-corrected chi connectivity index (χ3v) is 8.36. The van der Waals surface area contributed by atoms with Crippen LogP contribution < -0.4 is 15.7 Å². The number of carbonyl (C=O) groups is 1. The molecule has 0 bridgehead atoms. The van der Waals surface area contributed by atoms with Gasteiger partial charge in [-0.3, -0.25) is 19.6 Å². The second-order valence-electron chi connectivity index (χ2n) is 8.82. The summed E-state index contributed by atoms with van der Waals surface area (Å²) in [6.07, 6.45) is 2.93. The van der Waals surface area contributed by atoms with Gasteiger partial charge in [0.05, 0.1) is 23.9 Å². The Labute approximate surface area is 217 Å². The zero-order valence-electron chi connectivity index (χ0n) is 20.3. The molecule has 1 N–H and O–H groups in total. The number of ether oxygens (including phenoxy) is 1. The predicted octanol–water partition coefficient (Wildman–Crippen LogP) is 5.69. The minimum atomic E-state index is -0.228. The number of rotatable bonds is 6. The summed E-state index contributed by atoms with van der Waals surface area (Å²) in [6, 6.07) is 16.7. The lowest BCUT2D eigenvalue weighted by atomic mass is 9.89. The summed E-state index contributed by atoms with van der Waals surface area (Å²) in [5, 5.41) is 5.67. The van der Waals surface area contributed by atoms with Gasteiger partial charge in [-0.2, -0.15) is 5.10 Å². The van der Waals surface area contributed by atoms with Gasteiger partial charge in [-0.1, -0.05) is 25.1 Å². The van der Waals surface area contributed by atoms with Crippen molar-refractivity contribution in [1.29, 1.82) is 0 Å². The van der Waals surface area contributed by atoms with Crippen LogP contribution in [0, 0.1) is 5.92 Å². The number of thioether (sulfide) groups is 1. The molecule has 9 heteroatoms. The number of aromatic nitrogens is 2. The summed E-state index contributed by atoms with van der Waals surface area (Å²) >= 11 is 2.69. The van der Waals surface area contributed by atoms with Crippen LogP contribution in [0.3, 0.4) is 0 Å². The smallest absolute Gasteiger partial charge is 0.267 e. The Morgan fingerprint density at radius 1 is 1.19 bits per heavy atom. The number of Topliss-reactive ketones (excluding diaryl/α,β-unsaturated/α-hetero) is 1. The van der Waals surface area contributed by atoms with Gasteiger partial charge in [-0.15, -0.1) is 11.3 Å². The standard InChI is InChI=1S/C27H26N4O3S2/c1-16-9-14-21-22(15-16)35-25-23(21)26(33)31(19-7-5-4-6-8-19)27(28-25)36-24(17(2)32)30-29-18-10-12-20(34-3)13-11-18/h4-8,10-13,16,29H,9,14-15H2,1-3H3/b30-24-/t16-/m0/s1. The maximum atomic E-state index is 13.9. The van der Waals surface area contributed by atoms with E-state index in [1.807, 2.05) is 42.5 Å². The molecule has 0 fully saturated rings. The van der Waals surface area contributed by atoms with Crippen LogP contribution in [0.5, 0.6) is 5.75 Å². The number of benzene rings is 2. The molecule has 4 aromatic rings. The minimum Gasteiger partial charge on any atom is -0.497 e. The number of para-hydroxylation sites is 1. The number of hydrazone groups is 1. The number of nitrogens with zero attached hydrogens (tertiary/aromatic N) is 3. The fraction of sp³-hybridized carbons (Fsp3) is 0.259. The normalized spacial score (nSPS) is 15.5. The molecule has 1 aliphatic carbocycles. The number of aryl methyl sites for hydroxylation is 1. The van der Waals surface area contributed by atoms with E-state index in [0.717, 1.165) is 47.2 Å². The van der Waals surface area contributed by atoms with Crippen molar-refractivity contribution < 1.29 is 9.53 Å². The first-order chi connectivity index (χ1) is 17.4. The SMILES string of the molecule is COc1ccc(N/N=C(\Sc2nc3sc4c(c3c(=O)n2-c2ccccc2)CC[C@H](C)C4)C(C)=O)cc1. The highest BCUT2D eigenvalue weighted by Gasteiger charge is 2.26. The third-order valence-electron chi connectivity index (χ3n) is 6.18. The zero-order chi connectivity index (χ0) is 25.2. The van der Waals surface area contributed by atoms with E-state index >= 15 is 0 Å². The van der Waals surface area contributed by atoms with Gasteiger partial charge in [0, 0.05) is 11.8 Å². The number of nitrogens with one attached hydrogen (secondary N) is 1. The van der Waals surface area contributed by atoms with Crippen molar-refractivity contribution in [3.63, 3.8) is 0 Å². The summed E-state index contributed by atoms with van der Waals surface area (Å²) in [5.41, 5.74) is 5.37. The Morgan fingerprint density at radius 3 is 2.64 bits per heavy atom. The van der Waals surface area contributed by atoms with Gasteiger partial charge in [0.2, 0.25) is 0 Å². The maximum absolute atomic E-state index is 13.9. The molecule has 2 aromatic carbocycles. The molecule has 0 saturated carbocycles. The van der Waals surface area contributed by atoms with Gasteiger partial charge in [-0.05, 0) is 78.9 Å². The highest BCUT2D eigenvalue weighted by molar-refractivity contribution is 8.15. The number of anilines is 1. The molecule has 0 amide bonds. The molecule has 5 rings (SSSR count). The highest BCUT2D eigenvalue weighted by Crippen LogP contribution is 2.37. The van der Waals surface area contributed by atoms with Crippen molar-refractivity contribution in [1.82, 2.24) is 9.55 Å². The largest absolute Gasteiger partial charge is 0.497 e. The molecule has 184 valence electrons. The number of thiophene rings is 1. The first-order valence-electron chi connectivity index (χ1n) is 11.7. The van der Waals surface area contributed by atoms with E-state index in [0.29, 0.717) is 27.8 Å². The van der Waals surface area contributed by atoms with Crippen LogP contribution in [0.1, 0.15) is 30.7 Å². The van der Waals surface area contributed by atoms with Crippen LogP contribution in [0.15, 0.2) is 69.6 Å². The Bertz CT molecular complexity index is 1510. The molecule has 0 spiro atoms. The number of hydrogen-bond acceptors (Lipinski definition) is 8. The lowest BCUT2D eigenvalue weighted by Crippen LogP contribution is -2.23. The van der Waals surface area contributed by atoms with Crippen molar-refractivity contribution in [2.24, 2.45) is 11.0 Å². The number of ketones is 1. The number of methoxy groups -OCH3 is 1. The van der Waals surface area contributed by atoms with E-state index < -0.39 is 0 Å². The quantitative estimate of drug-likeness (QED) is 0.116. The number of fused-ring (bicyclic) bond motifs is 3. The maximum Gasteiger partial charge on any atom is 0.267 e. The summed E-state index contributed by atoms with van der Waals surface area (Å²) in [4.78, 5) is 33.3. The van der Waals surface area contributed by atoms with Crippen molar-refractivity contribution >= 4 is 49.8 Å². The summed E-state index contributed by atoms with van der Waals surface area (Å²) in [5.74, 6) is 1.09. The Hall–Kier alpha value is -3.43. The molecule has 1 aliphatic rings. The van der Waals surface area contributed by atoms with Crippen LogP contribution >= 0.6 is 23.1 Å². The third kappa shape index (κ3) is 4.81. The Morgan fingerprint density at radius 2 is 1.94 bits per heavy atom. The van der Waals surface area contributed by atoms with Crippen molar-refractivity contribution in [2.45, 2.75) is 38.3 Å². The highest BCUT2D eigenvalue weighted by atomic mass is 32.2. The molecule has 0 radical (unpaired) electrons. The molecule has 1 atom stereocenters. The Kier molecular flexibility index (Phi) is 6.93. The Balaban J connectivity index is 1.59. The number of hydrogen-bond donors (Lipinski definition) is 1. The summed E-state index contributed by atoms with van der Waals surface area (Å²) < 4.78 is 6.79. The first kappa shape index (κ1) is 24.3. The van der Waals surface area contributed by atoms with E-state index in [-0.39, 0.29) is 16.4 Å². The minimum absolute atomic E-state index is 0.105. The van der Waals surface area contributed by atoms with Crippen molar-refractivity contribution in [3.8, 4) is 11.4 Å². The van der Waals surface area contributed by atoms with E-state index in [2.05, 4.69) is 17.5 Å². The van der Waals surface area contributed by atoms with Gasteiger partial charge in [-0.25, -0.2) is 4.98 Å². The molecular weight excluding hydrogens is 492 g/mol. The van der Waals surface area contributed by atoms with E-state index in [1.165, 1.54) is 11.8 Å². The molecule has 36 heavy (non-hydrogen) atoms. The van der Waals surface area contributed by atoms with E-state index in [4.69, 9.17) is 9.72 Å². The van der Waals surface area contributed by atoms with Crippen LogP contribution in [0.2, 0.25) is 0 Å². The fourth-order valence-electron chi connectivity index (χ4n) is 4.29. The van der Waals surface area contributed by atoms with Gasteiger partial charge in [0.1, 0.15) is 10.6 Å². The van der Waals surface area contributed by atoms with E-state index in [9.17, 15) is 9.59 Å². The molecular formula is C27H26N4O3S2. The average Bonchev–Trinajstić information content (AvgIpc) is 3.24. The zero-order valence-corrected chi connectivity index (χ0v) is 21.9. The molecule has 2 heterocycles. The van der Waals surface area contributed by atoms with Crippen LogP contribution in [0.25, 0.3) is 15.9 Å². The van der Waals surface area contributed by atoms with Gasteiger partial charge in [0.15, 0.2) is 16.0 Å². The summed E-state index contributed by atoms with van der Waals surface area (Å²) in [6.45, 7) is 3.70. The molecule has 0 unspecified atom stereocenters. The van der Waals surface area contributed by atoms with Crippen LogP contribution in [-0.4, -0.2) is 27.5 Å². The second-order valence-corrected chi connectivity index (χ2v) is 10.9. The van der Waals surface area contributed by atoms with Crippen molar-refractivity contribution in [2.75, 3.05) is 12.5 Å². The van der Waals surface area contributed by atoms with Gasteiger partial charge >= 0.3 is 0 Å². The monoisotopic (exact) mass is 518 g/mol. The number of carbonyl (C=O) groups excluding carboxylic acids is 1. The topological polar surface area (TPSA) is 85.6 Å². The lowest BCUT2D eigenvalue weighted by Gasteiger charge is -2.17. The molecule has 0 aliphatic heterocycles. The molecule has 0 saturated heterocycles. The average molecular weight is 519 g/mol. The van der Waals surface area contributed by atoms with Gasteiger partial charge in [0.25, 0.3) is 5.56 Å². The van der Waals surface area contributed by atoms with E-state index in [1.54, 1.807) is 35.1 Å².